The zero-order chi connectivity index (χ0) is 12.7. The molecular formula is C13H15ClO3. The van der Waals surface area contributed by atoms with Crippen LogP contribution in [0.4, 0.5) is 0 Å². The third-order valence-electron chi connectivity index (χ3n) is 2.06. The van der Waals surface area contributed by atoms with E-state index >= 15 is 0 Å². The maximum Gasteiger partial charge on any atom is 0.308 e. The molecule has 0 fully saturated rings. The molecule has 0 aliphatic rings. The molecule has 1 aromatic rings. The lowest BCUT2D eigenvalue weighted by atomic mass is 10.1. The standard InChI is InChI=1S/C13H15ClO3/c1-2-17-13(16)9-12(15)8-5-10-3-6-11(14)7-4-10/h3-8,12,15H,2,9H2,1H3/t12-/m1/s1. The van der Waals surface area contributed by atoms with Crippen LogP contribution in [0.25, 0.3) is 6.08 Å². The zero-order valence-electron chi connectivity index (χ0n) is 9.60. The summed E-state index contributed by atoms with van der Waals surface area (Å²) in [6.45, 7) is 2.06. The fourth-order valence-electron chi connectivity index (χ4n) is 1.25. The summed E-state index contributed by atoms with van der Waals surface area (Å²) in [5.41, 5.74) is 0.914. The van der Waals surface area contributed by atoms with Crippen LogP contribution in [0.5, 0.6) is 0 Å². The van der Waals surface area contributed by atoms with Crippen LogP contribution < -0.4 is 0 Å². The molecule has 0 heterocycles. The van der Waals surface area contributed by atoms with Gasteiger partial charge in [0.25, 0.3) is 0 Å². The van der Waals surface area contributed by atoms with Gasteiger partial charge in [-0.2, -0.15) is 0 Å². The largest absolute Gasteiger partial charge is 0.466 e. The first kappa shape index (κ1) is 13.7. The number of aliphatic hydroxyl groups excluding tert-OH is 1. The summed E-state index contributed by atoms with van der Waals surface area (Å²) >= 11 is 5.74. The molecule has 17 heavy (non-hydrogen) atoms. The predicted molar refractivity (Wildman–Crippen MR) is 67.7 cm³/mol. The number of carbonyl (C=O) groups is 1. The van der Waals surface area contributed by atoms with Gasteiger partial charge < -0.3 is 9.84 Å². The summed E-state index contributed by atoms with van der Waals surface area (Å²) < 4.78 is 4.73. The first-order valence-corrected chi connectivity index (χ1v) is 5.77. The maximum absolute atomic E-state index is 11.1. The minimum atomic E-state index is -0.829. The second-order valence-electron chi connectivity index (χ2n) is 3.49. The van der Waals surface area contributed by atoms with Gasteiger partial charge in [0.15, 0.2) is 0 Å². The Morgan fingerprint density at radius 3 is 2.71 bits per heavy atom. The third kappa shape index (κ3) is 5.52. The summed E-state index contributed by atoms with van der Waals surface area (Å²) in [5, 5.41) is 10.2. The van der Waals surface area contributed by atoms with Gasteiger partial charge in [-0.15, -0.1) is 0 Å². The first-order chi connectivity index (χ1) is 8.11. The van der Waals surface area contributed by atoms with E-state index in [0.717, 1.165) is 5.56 Å². The molecule has 3 nitrogen and oxygen atoms in total. The van der Waals surface area contributed by atoms with Gasteiger partial charge >= 0.3 is 5.97 Å². The monoisotopic (exact) mass is 254 g/mol. The topological polar surface area (TPSA) is 46.5 Å². The molecular weight excluding hydrogens is 240 g/mol. The summed E-state index contributed by atoms with van der Waals surface area (Å²) in [4.78, 5) is 11.1. The van der Waals surface area contributed by atoms with Crippen LogP contribution in [-0.4, -0.2) is 23.8 Å². The van der Waals surface area contributed by atoms with E-state index in [0.29, 0.717) is 11.6 Å². The van der Waals surface area contributed by atoms with Crippen molar-refractivity contribution in [2.24, 2.45) is 0 Å². The molecule has 0 unspecified atom stereocenters. The molecule has 0 aliphatic heterocycles. The number of aliphatic hydroxyl groups is 1. The number of ether oxygens (including phenoxy) is 1. The number of halogens is 1. The van der Waals surface area contributed by atoms with Gasteiger partial charge in [0.05, 0.1) is 19.1 Å². The summed E-state index contributed by atoms with van der Waals surface area (Å²) in [6.07, 6.45) is 2.43. The van der Waals surface area contributed by atoms with Gasteiger partial charge in [-0.1, -0.05) is 35.9 Å². The number of hydrogen-bond donors (Lipinski definition) is 1. The van der Waals surface area contributed by atoms with E-state index in [9.17, 15) is 9.90 Å². The van der Waals surface area contributed by atoms with Gasteiger partial charge in [-0.3, -0.25) is 4.79 Å². The van der Waals surface area contributed by atoms with Crippen molar-refractivity contribution >= 4 is 23.6 Å². The molecule has 0 bridgehead atoms. The van der Waals surface area contributed by atoms with Gasteiger partial charge in [0.1, 0.15) is 0 Å². The van der Waals surface area contributed by atoms with Crippen LogP contribution in [0, 0.1) is 0 Å². The normalized spacial score (nSPS) is 12.6. The van der Waals surface area contributed by atoms with Crippen molar-refractivity contribution in [1.29, 1.82) is 0 Å². The summed E-state index contributed by atoms with van der Waals surface area (Å²) in [6, 6.07) is 7.18. The Hall–Kier alpha value is -1.32. The molecule has 1 atom stereocenters. The SMILES string of the molecule is CCOC(=O)C[C@H](O)C=Cc1ccc(Cl)cc1. The van der Waals surface area contributed by atoms with Gasteiger partial charge in [0, 0.05) is 5.02 Å². The van der Waals surface area contributed by atoms with Crippen molar-refractivity contribution in [1.82, 2.24) is 0 Å². The highest BCUT2D eigenvalue weighted by Crippen LogP contribution is 2.11. The van der Waals surface area contributed by atoms with Crippen molar-refractivity contribution in [2.75, 3.05) is 6.61 Å². The lowest BCUT2D eigenvalue weighted by Crippen LogP contribution is -2.13. The fraction of sp³-hybridized carbons (Fsp3) is 0.308. The van der Waals surface area contributed by atoms with Crippen molar-refractivity contribution in [2.45, 2.75) is 19.4 Å². The molecule has 4 heteroatoms. The van der Waals surface area contributed by atoms with Gasteiger partial charge in [-0.25, -0.2) is 0 Å². The molecule has 0 aromatic heterocycles. The fourth-order valence-corrected chi connectivity index (χ4v) is 1.38. The van der Waals surface area contributed by atoms with E-state index in [1.807, 2.05) is 12.1 Å². The second-order valence-corrected chi connectivity index (χ2v) is 3.92. The van der Waals surface area contributed by atoms with E-state index in [1.54, 1.807) is 31.2 Å². The van der Waals surface area contributed by atoms with Crippen LogP contribution in [0.15, 0.2) is 30.3 Å². The van der Waals surface area contributed by atoms with E-state index in [4.69, 9.17) is 16.3 Å². The highest BCUT2D eigenvalue weighted by atomic mass is 35.5. The number of benzene rings is 1. The Morgan fingerprint density at radius 1 is 1.47 bits per heavy atom. The molecule has 0 saturated carbocycles. The molecule has 0 amide bonds. The van der Waals surface area contributed by atoms with Crippen molar-refractivity contribution < 1.29 is 14.6 Å². The minimum Gasteiger partial charge on any atom is -0.466 e. The van der Waals surface area contributed by atoms with Gasteiger partial charge in [0.2, 0.25) is 0 Å². The minimum absolute atomic E-state index is 0.0298. The number of hydrogen-bond acceptors (Lipinski definition) is 3. The zero-order valence-corrected chi connectivity index (χ0v) is 10.4. The second kappa shape index (κ2) is 7.09. The highest BCUT2D eigenvalue weighted by Gasteiger charge is 2.07. The Kier molecular flexibility index (Phi) is 5.73. The number of rotatable bonds is 5. The van der Waals surface area contributed by atoms with Crippen molar-refractivity contribution in [3.63, 3.8) is 0 Å². The molecule has 92 valence electrons. The molecule has 0 radical (unpaired) electrons. The Balaban J connectivity index is 2.47. The smallest absolute Gasteiger partial charge is 0.308 e. The van der Waals surface area contributed by atoms with E-state index in [1.165, 1.54) is 0 Å². The molecule has 0 saturated heterocycles. The molecule has 0 spiro atoms. The van der Waals surface area contributed by atoms with Gasteiger partial charge in [-0.05, 0) is 24.6 Å². The Morgan fingerprint density at radius 2 is 2.12 bits per heavy atom. The third-order valence-corrected chi connectivity index (χ3v) is 2.31. The first-order valence-electron chi connectivity index (χ1n) is 5.39. The Bertz CT molecular complexity index is 384. The van der Waals surface area contributed by atoms with Crippen LogP contribution >= 0.6 is 11.6 Å². The predicted octanol–water partition coefficient (Wildman–Crippen LogP) is 2.67. The highest BCUT2D eigenvalue weighted by molar-refractivity contribution is 6.30. The van der Waals surface area contributed by atoms with E-state index < -0.39 is 12.1 Å². The average Bonchev–Trinajstić information content (AvgIpc) is 2.28. The lowest BCUT2D eigenvalue weighted by Gasteiger charge is -2.04. The maximum atomic E-state index is 11.1. The number of esters is 1. The molecule has 1 N–H and O–H groups in total. The summed E-state index contributed by atoms with van der Waals surface area (Å²) in [7, 11) is 0. The van der Waals surface area contributed by atoms with Crippen molar-refractivity contribution in [3.8, 4) is 0 Å². The Labute approximate surface area is 106 Å². The average molecular weight is 255 g/mol. The van der Waals surface area contributed by atoms with E-state index in [-0.39, 0.29) is 6.42 Å². The molecule has 1 rings (SSSR count). The van der Waals surface area contributed by atoms with Crippen LogP contribution in [0.1, 0.15) is 18.9 Å². The lowest BCUT2D eigenvalue weighted by molar-refractivity contribution is -0.144. The molecule has 1 aromatic carbocycles. The van der Waals surface area contributed by atoms with E-state index in [2.05, 4.69) is 0 Å². The van der Waals surface area contributed by atoms with Crippen molar-refractivity contribution in [3.05, 3.63) is 40.9 Å². The van der Waals surface area contributed by atoms with Crippen LogP contribution in [-0.2, 0) is 9.53 Å². The number of carbonyl (C=O) groups excluding carboxylic acids is 1. The molecule has 0 aliphatic carbocycles. The summed E-state index contributed by atoms with van der Waals surface area (Å²) in [5.74, 6) is -0.402. The van der Waals surface area contributed by atoms with Crippen LogP contribution in [0.2, 0.25) is 5.02 Å². The quantitative estimate of drug-likeness (QED) is 0.822. The van der Waals surface area contributed by atoms with Crippen LogP contribution in [0.3, 0.4) is 0 Å².